The number of halogens is 1. The molecule has 5 nitrogen and oxygen atoms in total. The van der Waals surface area contributed by atoms with Crippen molar-refractivity contribution >= 4 is 21.6 Å². The molecule has 0 unspecified atom stereocenters. The minimum atomic E-state index is -3.77. The lowest BCUT2D eigenvalue weighted by Crippen LogP contribution is -2.30. The standard InChI is InChI=1S/C10H11ClN2O3S/c1-13(4-5-14)17(15,16)10-3-2-9(11)6-8(10)7-12/h2-3,6,14H,4-5H2,1H3. The zero-order chi connectivity index (χ0) is 13.1. The Morgan fingerprint density at radius 1 is 1.53 bits per heavy atom. The van der Waals surface area contributed by atoms with Crippen LogP contribution in [0.15, 0.2) is 23.1 Å². The van der Waals surface area contributed by atoms with E-state index in [0.717, 1.165) is 4.31 Å². The van der Waals surface area contributed by atoms with Crippen molar-refractivity contribution in [2.24, 2.45) is 0 Å². The summed E-state index contributed by atoms with van der Waals surface area (Å²) in [7, 11) is -2.43. The molecule has 17 heavy (non-hydrogen) atoms. The van der Waals surface area contributed by atoms with Gasteiger partial charge in [0, 0.05) is 18.6 Å². The summed E-state index contributed by atoms with van der Waals surface area (Å²) < 4.78 is 25.1. The van der Waals surface area contributed by atoms with Crippen molar-refractivity contribution in [3.63, 3.8) is 0 Å². The Bertz CT molecular complexity index is 551. The van der Waals surface area contributed by atoms with Crippen LogP contribution in [0.1, 0.15) is 5.56 Å². The monoisotopic (exact) mass is 274 g/mol. The van der Waals surface area contributed by atoms with Gasteiger partial charge in [0.2, 0.25) is 10.0 Å². The summed E-state index contributed by atoms with van der Waals surface area (Å²) in [5, 5.41) is 17.9. The Balaban J connectivity index is 3.30. The summed E-state index contributed by atoms with van der Waals surface area (Å²) >= 11 is 5.69. The molecule has 0 heterocycles. The topological polar surface area (TPSA) is 81.4 Å². The van der Waals surface area contributed by atoms with Gasteiger partial charge in [-0.05, 0) is 18.2 Å². The van der Waals surface area contributed by atoms with E-state index in [1.165, 1.54) is 25.2 Å². The largest absolute Gasteiger partial charge is 0.395 e. The number of aliphatic hydroxyl groups is 1. The van der Waals surface area contributed by atoms with Crippen LogP contribution in [-0.4, -0.2) is 38.0 Å². The SMILES string of the molecule is CN(CCO)S(=O)(=O)c1ccc(Cl)cc1C#N. The van der Waals surface area contributed by atoms with Gasteiger partial charge in [0.1, 0.15) is 11.0 Å². The van der Waals surface area contributed by atoms with Crippen LogP contribution in [0, 0.1) is 11.3 Å². The number of sulfonamides is 1. The zero-order valence-electron chi connectivity index (χ0n) is 9.09. The van der Waals surface area contributed by atoms with E-state index in [1.807, 2.05) is 0 Å². The molecular weight excluding hydrogens is 264 g/mol. The molecule has 0 bridgehead atoms. The summed E-state index contributed by atoms with van der Waals surface area (Å²) in [6, 6.07) is 5.77. The second-order valence-electron chi connectivity index (χ2n) is 3.30. The van der Waals surface area contributed by atoms with Crippen LogP contribution in [0.2, 0.25) is 5.02 Å². The van der Waals surface area contributed by atoms with Gasteiger partial charge < -0.3 is 5.11 Å². The number of aliphatic hydroxyl groups excluding tert-OH is 1. The lowest BCUT2D eigenvalue weighted by atomic mass is 10.2. The highest BCUT2D eigenvalue weighted by Crippen LogP contribution is 2.22. The minimum Gasteiger partial charge on any atom is -0.395 e. The van der Waals surface area contributed by atoms with Crippen LogP contribution in [0.25, 0.3) is 0 Å². The third kappa shape index (κ3) is 2.96. The molecule has 0 radical (unpaired) electrons. The first kappa shape index (κ1) is 13.9. The van der Waals surface area contributed by atoms with Crippen LogP contribution < -0.4 is 0 Å². The Morgan fingerprint density at radius 2 is 2.18 bits per heavy atom. The van der Waals surface area contributed by atoms with E-state index in [-0.39, 0.29) is 23.6 Å². The van der Waals surface area contributed by atoms with Crippen molar-refractivity contribution in [1.82, 2.24) is 4.31 Å². The number of benzene rings is 1. The Labute approximate surface area is 105 Å². The van der Waals surface area contributed by atoms with Gasteiger partial charge in [-0.25, -0.2) is 8.42 Å². The molecule has 0 aliphatic heterocycles. The van der Waals surface area contributed by atoms with Crippen LogP contribution in [0.4, 0.5) is 0 Å². The summed E-state index contributed by atoms with van der Waals surface area (Å²) in [5.74, 6) is 0. The molecule has 0 aromatic heterocycles. The van der Waals surface area contributed by atoms with E-state index in [4.69, 9.17) is 22.0 Å². The molecule has 7 heteroatoms. The normalized spacial score (nSPS) is 11.5. The molecule has 1 aromatic carbocycles. The molecule has 92 valence electrons. The number of hydrogen-bond acceptors (Lipinski definition) is 4. The van der Waals surface area contributed by atoms with E-state index in [2.05, 4.69) is 0 Å². The molecule has 0 aliphatic carbocycles. The number of hydrogen-bond donors (Lipinski definition) is 1. The summed E-state index contributed by atoms with van der Waals surface area (Å²) in [5.41, 5.74) is -0.0118. The van der Waals surface area contributed by atoms with Crippen molar-refractivity contribution in [1.29, 1.82) is 5.26 Å². The van der Waals surface area contributed by atoms with Gasteiger partial charge in [-0.15, -0.1) is 0 Å². The van der Waals surface area contributed by atoms with E-state index >= 15 is 0 Å². The van der Waals surface area contributed by atoms with Gasteiger partial charge >= 0.3 is 0 Å². The van der Waals surface area contributed by atoms with Crippen molar-refractivity contribution < 1.29 is 13.5 Å². The second kappa shape index (κ2) is 5.47. The van der Waals surface area contributed by atoms with Gasteiger partial charge in [-0.1, -0.05) is 11.6 Å². The average molecular weight is 275 g/mol. The fourth-order valence-electron chi connectivity index (χ4n) is 1.24. The molecule has 1 N–H and O–H groups in total. The molecule has 0 amide bonds. The van der Waals surface area contributed by atoms with Gasteiger partial charge in [0.25, 0.3) is 0 Å². The van der Waals surface area contributed by atoms with Crippen molar-refractivity contribution in [3.05, 3.63) is 28.8 Å². The van der Waals surface area contributed by atoms with Gasteiger partial charge in [0.15, 0.2) is 0 Å². The Kier molecular flexibility index (Phi) is 4.48. The van der Waals surface area contributed by atoms with Gasteiger partial charge in [-0.2, -0.15) is 9.57 Å². The maximum absolute atomic E-state index is 12.0. The number of nitrogens with zero attached hydrogens (tertiary/aromatic N) is 2. The lowest BCUT2D eigenvalue weighted by molar-refractivity contribution is 0.266. The number of rotatable bonds is 4. The number of nitriles is 1. The summed E-state index contributed by atoms with van der Waals surface area (Å²) in [6.07, 6.45) is 0. The predicted octanol–water partition coefficient (Wildman–Crippen LogP) is 0.824. The molecule has 0 fully saturated rings. The fraction of sp³-hybridized carbons (Fsp3) is 0.300. The molecule has 0 spiro atoms. The molecule has 0 saturated heterocycles. The maximum atomic E-state index is 12.0. The highest BCUT2D eigenvalue weighted by atomic mass is 35.5. The lowest BCUT2D eigenvalue weighted by Gasteiger charge is -2.16. The Hall–Kier alpha value is -1.13. The first-order valence-electron chi connectivity index (χ1n) is 4.70. The molecule has 0 aliphatic rings. The van der Waals surface area contributed by atoms with Crippen LogP contribution in [0.3, 0.4) is 0 Å². The van der Waals surface area contributed by atoms with Crippen LogP contribution in [-0.2, 0) is 10.0 Å². The highest BCUT2D eigenvalue weighted by molar-refractivity contribution is 7.89. The van der Waals surface area contributed by atoms with E-state index in [1.54, 1.807) is 6.07 Å². The van der Waals surface area contributed by atoms with Crippen molar-refractivity contribution in [2.75, 3.05) is 20.2 Å². The first-order valence-corrected chi connectivity index (χ1v) is 6.52. The van der Waals surface area contributed by atoms with Gasteiger partial charge in [-0.3, -0.25) is 0 Å². The van der Waals surface area contributed by atoms with E-state index in [0.29, 0.717) is 5.02 Å². The predicted molar refractivity (Wildman–Crippen MR) is 63.1 cm³/mol. The smallest absolute Gasteiger partial charge is 0.244 e. The molecule has 0 saturated carbocycles. The van der Waals surface area contributed by atoms with Crippen molar-refractivity contribution in [2.45, 2.75) is 4.90 Å². The maximum Gasteiger partial charge on any atom is 0.244 e. The molecule has 0 atom stereocenters. The zero-order valence-corrected chi connectivity index (χ0v) is 10.7. The van der Waals surface area contributed by atoms with E-state index in [9.17, 15) is 8.42 Å². The van der Waals surface area contributed by atoms with Crippen LogP contribution >= 0.6 is 11.6 Å². The molecular formula is C10H11ClN2O3S. The highest BCUT2D eigenvalue weighted by Gasteiger charge is 2.23. The third-order valence-electron chi connectivity index (χ3n) is 2.17. The molecule has 1 aromatic rings. The first-order chi connectivity index (χ1) is 7.93. The van der Waals surface area contributed by atoms with E-state index < -0.39 is 10.0 Å². The molecule has 1 rings (SSSR count). The van der Waals surface area contributed by atoms with Crippen molar-refractivity contribution in [3.8, 4) is 6.07 Å². The summed E-state index contributed by atoms with van der Waals surface area (Å²) in [4.78, 5) is -0.111. The van der Waals surface area contributed by atoms with Gasteiger partial charge in [0.05, 0.1) is 12.2 Å². The fourth-order valence-corrected chi connectivity index (χ4v) is 2.70. The van der Waals surface area contributed by atoms with Crippen LogP contribution in [0.5, 0.6) is 0 Å². The third-order valence-corrected chi connectivity index (χ3v) is 4.32. The minimum absolute atomic E-state index is 0.0118. The average Bonchev–Trinajstić information content (AvgIpc) is 2.28. The summed E-state index contributed by atoms with van der Waals surface area (Å²) in [6.45, 7) is -0.318. The number of likely N-dealkylation sites (N-methyl/N-ethyl adjacent to an activating group) is 1. The Morgan fingerprint density at radius 3 is 2.71 bits per heavy atom. The second-order valence-corrected chi connectivity index (χ2v) is 5.75. The quantitative estimate of drug-likeness (QED) is 0.881.